The van der Waals surface area contributed by atoms with Crippen molar-refractivity contribution in [3.05, 3.63) is 18.3 Å². The van der Waals surface area contributed by atoms with E-state index in [1.807, 2.05) is 18.4 Å². The molecule has 4 heteroatoms. The van der Waals surface area contributed by atoms with E-state index in [1.54, 1.807) is 18.0 Å². The Bertz CT molecular complexity index is 395. The molecule has 18 heavy (non-hydrogen) atoms. The monoisotopic (exact) mass is 266 g/mol. The normalized spacial score (nSPS) is 13.2. The minimum Gasteiger partial charge on any atom is -0.325 e. The van der Waals surface area contributed by atoms with Crippen LogP contribution in [0, 0.1) is 11.3 Å². The third kappa shape index (κ3) is 4.69. The Hall–Kier alpha value is -1.03. The highest BCUT2D eigenvalue weighted by atomic mass is 32.2. The van der Waals surface area contributed by atoms with Crippen molar-refractivity contribution in [3.63, 3.8) is 0 Å². The molecular weight excluding hydrogens is 244 g/mol. The third-order valence-corrected chi connectivity index (χ3v) is 3.86. The second-order valence-electron chi connectivity index (χ2n) is 5.61. The molecule has 1 aromatic rings. The molecule has 0 aliphatic heterocycles. The fourth-order valence-corrected chi connectivity index (χ4v) is 1.73. The molecule has 0 radical (unpaired) electrons. The summed E-state index contributed by atoms with van der Waals surface area (Å²) >= 11 is 1.59. The van der Waals surface area contributed by atoms with Crippen LogP contribution in [0.5, 0.6) is 0 Å². The topological polar surface area (TPSA) is 42.0 Å². The van der Waals surface area contributed by atoms with E-state index < -0.39 is 0 Å². The molecule has 3 nitrogen and oxygen atoms in total. The molecule has 1 unspecified atom stereocenters. The first-order valence-electron chi connectivity index (χ1n) is 6.13. The van der Waals surface area contributed by atoms with E-state index in [0.29, 0.717) is 12.3 Å². The Morgan fingerprint density at radius 1 is 1.44 bits per heavy atom. The van der Waals surface area contributed by atoms with Crippen LogP contribution < -0.4 is 5.32 Å². The predicted octanol–water partition coefficient (Wildman–Crippen LogP) is 3.81. The fraction of sp³-hybridized carbons (Fsp3) is 0.571. The van der Waals surface area contributed by atoms with Gasteiger partial charge in [0, 0.05) is 6.42 Å². The van der Waals surface area contributed by atoms with Crippen LogP contribution in [0.4, 0.5) is 5.69 Å². The molecule has 0 bridgehead atoms. The average molecular weight is 266 g/mol. The first kappa shape index (κ1) is 15.0. The van der Waals surface area contributed by atoms with Crippen molar-refractivity contribution in [3.8, 4) is 0 Å². The number of aromatic nitrogens is 1. The Morgan fingerprint density at radius 2 is 2.11 bits per heavy atom. The highest BCUT2D eigenvalue weighted by molar-refractivity contribution is 7.98. The molecule has 0 saturated heterocycles. The van der Waals surface area contributed by atoms with Crippen LogP contribution in [0.15, 0.2) is 23.4 Å². The molecule has 1 amide bonds. The van der Waals surface area contributed by atoms with Crippen LogP contribution >= 0.6 is 11.8 Å². The lowest BCUT2D eigenvalue weighted by Crippen LogP contribution is -2.23. The highest BCUT2D eigenvalue weighted by Gasteiger charge is 2.22. The molecule has 0 fully saturated rings. The van der Waals surface area contributed by atoms with Crippen LogP contribution in [0.1, 0.15) is 34.1 Å². The van der Waals surface area contributed by atoms with E-state index >= 15 is 0 Å². The molecule has 0 aromatic carbocycles. The molecule has 0 aliphatic rings. The zero-order valence-electron chi connectivity index (χ0n) is 11.8. The molecule has 1 aromatic heterocycles. The van der Waals surface area contributed by atoms with Crippen molar-refractivity contribution in [2.45, 2.75) is 39.1 Å². The second kappa shape index (κ2) is 6.23. The van der Waals surface area contributed by atoms with Gasteiger partial charge in [-0.25, -0.2) is 4.98 Å². The van der Waals surface area contributed by atoms with Gasteiger partial charge in [0.05, 0.1) is 16.9 Å². The number of hydrogen-bond acceptors (Lipinski definition) is 3. The largest absolute Gasteiger partial charge is 0.325 e. The summed E-state index contributed by atoms with van der Waals surface area (Å²) in [6.45, 7) is 8.56. The highest BCUT2D eigenvalue weighted by Crippen LogP contribution is 2.28. The van der Waals surface area contributed by atoms with Crippen LogP contribution in [0.25, 0.3) is 0 Å². The summed E-state index contributed by atoms with van der Waals surface area (Å²) in [4.78, 5) is 16.1. The van der Waals surface area contributed by atoms with Crippen molar-refractivity contribution in [2.24, 2.45) is 11.3 Å². The summed E-state index contributed by atoms with van der Waals surface area (Å²) in [6, 6.07) is 3.80. The van der Waals surface area contributed by atoms with E-state index in [-0.39, 0.29) is 11.3 Å². The quantitative estimate of drug-likeness (QED) is 0.842. The van der Waals surface area contributed by atoms with Crippen molar-refractivity contribution >= 4 is 23.4 Å². The van der Waals surface area contributed by atoms with Gasteiger partial charge in [0.25, 0.3) is 0 Å². The average Bonchev–Trinajstić information content (AvgIpc) is 2.28. The van der Waals surface area contributed by atoms with E-state index in [9.17, 15) is 4.79 Å². The zero-order valence-corrected chi connectivity index (χ0v) is 12.6. The van der Waals surface area contributed by atoms with E-state index in [2.05, 4.69) is 38.0 Å². The summed E-state index contributed by atoms with van der Waals surface area (Å²) in [6.07, 6.45) is 4.21. The van der Waals surface area contributed by atoms with Gasteiger partial charge in [-0.15, -0.1) is 11.8 Å². The third-order valence-electron chi connectivity index (χ3n) is 3.20. The van der Waals surface area contributed by atoms with Gasteiger partial charge in [0.1, 0.15) is 0 Å². The molecular formula is C14H22N2OS. The molecule has 0 aliphatic carbocycles. The second-order valence-corrected chi connectivity index (χ2v) is 6.44. The summed E-state index contributed by atoms with van der Waals surface area (Å²) in [5, 5.41) is 3.84. The van der Waals surface area contributed by atoms with E-state index in [1.165, 1.54) is 0 Å². The molecule has 1 atom stereocenters. The zero-order chi connectivity index (χ0) is 13.8. The molecule has 1 N–H and O–H groups in total. The van der Waals surface area contributed by atoms with Crippen molar-refractivity contribution in [1.29, 1.82) is 0 Å². The number of amides is 1. The van der Waals surface area contributed by atoms with E-state index in [4.69, 9.17) is 0 Å². The van der Waals surface area contributed by atoms with Crippen LogP contribution in [0.2, 0.25) is 0 Å². The predicted molar refractivity (Wildman–Crippen MR) is 77.9 cm³/mol. The van der Waals surface area contributed by atoms with Crippen molar-refractivity contribution < 1.29 is 4.79 Å². The maximum absolute atomic E-state index is 11.9. The minimum atomic E-state index is 0.0520. The molecule has 1 heterocycles. The lowest BCUT2D eigenvalue weighted by molar-refractivity contribution is -0.117. The van der Waals surface area contributed by atoms with Gasteiger partial charge in [-0.05, 0) is 29.7 Å². The van der Waals surface area contributed by atoms with Gasteiger partial charge < -0.3 is 5.32 Å². The Labute approximate surface area is 114 Å². The first-order valence-corrected chi connectivity index (χ1v) is 7.35. The Kier molecular flexibility index (Phi) is 5.20. The Morgan fingerprint density at radius 3 is 2.56 bits per heavy atom. The first-order chi connectivity index (χ1) is 8.32. The molecule has 0 spiro atoms. The Balaban J connectivity index is 2.54. The van der Waals surface area contributed by atoms with Gasteiger partial charge in [-0.1, -0.05) is 27.7 Å². The number of hydrogen-bond donors (Lipinski definition) is 1. The number of rotatable bonds is 4. The molecule has 0 saturated carbocycles. The van der Waals surface area contributed by atoms with Gasteiger partial charge in [-0.2, -0.15) is 0 Å². The van der Waals surface area contributed by atoms with E-state index in [0.717, 1.165) is 10.7 Å². The van der Waals surface area contributed by atoms with Crippen molar-refractivity contribution in [2.75, 3.05) is 11.6 Å². The van der Waals surface area contributed by atoms with Crippen LogP contribution in [-0.4, -0.2) is 17.1 Å². The maximum Gasteiger partial charge on any atom is 0.224 e. The lowest BCUT2D eigenvalue weighted by Gasteiger charge is -2.26. The molecule has 1 rings (SSSR count). The summed E-state index contributed by atoms with van der Waals surface area (Å²) in [5.41, 5.74) is 0.914. The SMILES string of the molecule is CSc1ccc(NC(=O)CC(C)C(C)(C)C)cn1. The smallest absolute Gasteiger partial charge is 0.224 e. The fourth-order valence-electron chi connectivity index (χ4n) is 1.37. The van der Waals surface area contributed by atoms with Crippen molar-refractivity contribution in [1.82, 2.24) is 4.98 Å². The van der Waals surface area contributed by atoms with Gasteiger partial charge in [0.2, 0.25) is 5.91 Å². The van der Waals surface area contributed by atoms with Gasteiger partial charge >= 0.3 is 0 Å². The summed E-state index contributed by atoms with van der Waals surface area (Å²) in [7, 11) is 0. The number of anilines is 1. The number of thioether (sulfide) groups is 1. The van der Waals surface area contributed by atoms with Gasteiger partial charge in [0.15, 0.2) is 0 Å². The van der Waals surface area contributed by atoms with Gasteiger partial charge in [-0.3, -0.25) is 4.79 Å². The molecule has 100 valence electrons. The number of nitrogens with zero attached hydrogens (tertiary/aromatic N) is 1. The minimum absolute atomic E-state index is 0.0520. The number of nitrogens with one attached hydrogen (secondary N) is 1. The lowest BCUT2D eigenvalue weighted by atomic mass is 9.80. The number of carbonyl (C=O) groups is 1. The standard InChI is InChI=1S/C14H22N2OS/c1-10(14(2,3)4)8-12(17)16-11-6-7-13(18-5)15-9-11/h6-7,9-10H,8H2,1-5H3,(H,16,17). The van der Waals surface area contributed by atoms with Crippen LogP contribution in [0.3, 0.4) is 0 Å². The summed E-state index contributed by atoms with van der Waals surface area (Å²) in [5.74, 6) is 0.395. The van der Waals surface area contributed by atoms with Crippen LogP contribution in [-0.2, 0) is 4.79 Å². The number of carbonyl (C=O) groups excluding carboxylic acids is 1. The number of pyridine rings is 1. The maximum atomic E-state index is 11.9. The summed E-state index contributed by atoms with van der Waals surface area (Å²) < 4.78 is 0.